The molecule has 0 aliphatic heterocycles. The van der Waals surface area contributed by atoms with E-state index in [9.17, 15) is 0 Å². The zero-order valence-corrected chi connectivity index (χ0v) is 7.56. The van der Waals surface area contributed by atoms with Gasteiger partial charge in [-0.2, -0.15) is 4.98 Å². The molecule has 0 unspecified atom stereocenters. The van der Waals surface area contributed by atoms with Crippen molar-refractivity contribution < 1.29 is 4.52 Å². The Hall–Kier alpha value is -2.11. The standard InChI is InChI=1S/C8H9N5O/c1-4-2-6(13-14-4)5-3-11-8(10)12-7(5)9/h2-3H,1H3,(H4,9,10,11,12). The van der Waals surface area contributed by atoms with Crippen LogP contribution >= 0.6 is 0 Å². The SMILES string of the molecule is Cc1cc(-c2cnc(N)nc2N)no1. The molecule has 2 aromatic heterocycles. The van der Waals surface area contributed by atoms with E-state index in [0.29, 0.717) is 22.8 Å². The molecule has 6 heteroatoms. The highest BCUT2D eigenvalue weighted by Crippen LogP contribution is 2.22. The van der Waals surface area contributed by atoms with Gasteiger partial charge in [0.1, 0.15) is 17.3 Å². The highest BCUT2D eigenvalue weighted by Gasteiger charge is 2.09. The van der Waals surface area contributed by atoms with Crippen LogP contribution < -0.4 is 11.5 Å². The molecule has 0 atom stereocenters. The molecule has 0 saturated carbocycles. The van der Waals surface area contributed by atoms with E-state index in [-0.39, 0.29) is 5.95 Å². The molecule has 0 aliphatic rings. The van der Waals surface area contributed by atoms with E-state index in [0.717, 1.165) is 0 Å². The molecule has 0 saturated heterocycles. The normalized spacial score (nSPS) is 10.4. The Labute approximate surface area is 79.9 Å². The summed E-state index contributed by atoms with van der Waals surface area (Å²) in [6.07, 6.45) is 1.52. The minimum Gasteiger partial charge on any atom is -0.383 e. The molecular weight excluding hydrogens is 182 g/mol. The number of anilines is 2. The molecule has 2 heterocycles. The van der Waals surface area contributed by atoms with Crippen molar-refractivity contribution in [3.63, 3.8) is 0 Å². The van der Waals surface area contributed by atoms with Crippen LogP contribution in [-0.2, 0) is 0 Å². The van der Waals surface area contributed by atoms with Gasteiger partial charge in [0.2, 0.25) is 5.95 Å². The van der Waals surface area contributed by atoms with Crippen molar-refractivity contribution in [1.29, 1.82) is 0 Å². The third-order valence-corrected chi connectivity index (χ3v) is 1.74. The van der Waals surface area contributed by atoms with E-state index in [1.165, 1.54) is 6.20 Å². The number of aryl methyl sites for hydroxylation is 1. The summed E-state index contributed by atoms with van der Waals surface area (Å²) >= 11 is 0. The molecule has 4 N–H and O–H groups in total. The van der Waals surface area contributed by atoms with E-state index in [2.05, 4.69) is 15.1 Å². The zero-order valence-electron chi connectivity index (χ0n) is 7.56. The fourth-order valence-electron chi connectivity index (χ4n) is 1.10. The molecule has 2 aromatic rings. The number of hydrogen-bond donors (Lipinski definition) is 2. The largest absolute Gasteiger partial charge is 0.383 e. The molecule has 2 rings (SSSR count). The van der Waals surface area contributed by atoms with Gasteiger partial charge in [-0.05, 0) is 6.92 Å². The predicted molar refractivity (Wildman–Crippen MR) is 51.1 cm³/mol. The van der Waals surface area contributed by atoms with Crippen molar-refractivity contribution in [2.45, 2.75) is 6.92 Å². The molecule has 14 heavy (non-hydrogen) atoms. The Bertz CT molecular complexity index is 465. The maximum atomic E-state index is 5.65. The monoisotopic (exact) mass is 191 g/mol. The molecule has 6 nitrogen and oxygen atoms in total. The first kappa shape index (κ1) is 8.49. The lowest BCUT2D eigenvalue weighted by Crippen LogP contribution is -2.00. The summed E-state index contributed by atoms with van der Waals surface area (Å²) < 4.78 is 4.91. The number of aromatic nitrogens is 3. The maximum Gasteiger partial charge on any atom is 0.221 e. The number of nitrogens with zero attached hydrogens (tertiary/aromatic N) is 3. The summed E-state index contributed by atoms with van der Waals surface area (Å²) in [6, 6.07) is 1.76. The first-order valence-electron chi connectivity index (χ1n) is 3.98. The second-order valence-electron chi connectivity index (χ2n) is 2.85. The molecule has 0 bridgehead atoms. The minimum atomic E-state index is 0.145. The summed E-state index contributed by atoms with van der Waals surface area (Å²) in [6.45, 7) is 1.80. The van der Waals surface area contributed by atoms with E-state index < -0.39 is 0 Å². The third kappa shape index (κ3) is 1.37. The van der Waals surface area contributed by atoms with Crippen molar-refractivity contribution in [2.75, 3.05) is 11.5 Å². The molecule has 0 amide bonds. The van der Waals surface area contributed by atoms with E-state index in [1.54, 1.807) is 13.0 Å². The summed E-state index contributed by atoms with van der Waals surface area (Å²) in [7, 11) is 0. The van der Waals surface area contributed by atoms with Crippen LogP contribution in [0.4, 0.5) is 11.8 Å². The summed E-state index contributed by atoms with van der Waals surface area (Å²) in [5, 5.41) is 3.80. The van der Waals surface area contributed by atoms with Gasteiger partial charge < -0.3 is 16.0 Å². The van der Waals surface area contributed by atoms with Gasteiger partial charge in [0.15, 0.2) is 0 Å². The fourth-order valence-corrected chi connectivity index (χ4v) is 1.10. The fraction of sp³-hybridized carbons (Fsp3) is 0.125. The molecule has 0 aliphatic carbocycles. The van der Waals surface area contributed by atoms with Crippen LogP contribution in [0.25, 0.3) is 11.3 Å². The van der Waals surface area contributed by atoms with E-state index in [4.69, 9.17) is 16.0 Å². The Kier molecular flexibility index (Phi) is 1.81. The zero-order chi connectivity index (χ0) is 10.1. The smallest absolute Gasteiger partial charge is 0.221 e. The van der Waals surface area contributed by atoms with Gasteiger partial charge in [-0.25, -0.2) is 4.98 Å². The van der Waals surface area contributed by atoms with Gasteiger partial charge in [0, 0.05) is 12.3 Å². The van der Waals surface area contributed by atoms with Crippen molar-refractivity contribution in [1.82, 2.24) is 15.1 Å². The van der Waals surface area contributed by atoms with Crippen LogP contribution in [0.1, 0.15) is 5.76 Å². The average molecular weight is 191 g/mol. The Morgan fingerprint density at radius 2 is 2.14 bits per heavy atom. The molecule has 0 radical (unpaired) electrons. The molecular formula is C8H9N5O. The average Bonchev–Trinajstić information content (AvgIpc) is 2.51. The van der Waals surface area contributed by atoms with Crippen LogP contribution in [0.15, 0.2) is 16.8 Å². The highest BCUT2D eigenvalue weighted by atomic mass is 16.5. The quantitative estimate of drug-likeness (QED) is 0.684. The highest BCUT2D eigenvalue weighted by molar-refractivity contribution is 5.70. The van der Waals surface area contributed by atoms with Gasteiger partial charge in [0.05, 0.1) is 5.56 Å². The van der Waals surface area contributed by atoms with Crippen molar-refractivity contribution in [3.8, 4) is 11.3 Å². The second-order valence-corrected chi connectivity index (χ2v) is 2.85. The van der Waals surface area contributed by atoms with Gasteiger partial charge in [-0.15, -0.1) is 0 Å². The second kappa shape index (κ2) is 2.99. The summed E-state index contributed by atoms with van der Waals surface area (Å²) in [5.74, 6) is 1.15. The van der Waals surface area contributed by atoms with Crippen LogP contribution in [-0.4, -0.2) is 15.1 Å². The van der Waals surface area contributed by atoms with Crippen LogP contribution in [0.3, 0.4) is 0 Å². The lowest BCUT2D eigenvalue weighted by molar-refractivity contribution is 0.399. The van der Waals surface area contributed by atoms with Gasteiger partial charge >= 0.3 is 0 Å². The van der Waals surface area contributed by atoms with E-state index in [1.807, 2.05) is 0 Å². The predicted octanol–water partition coefficient (Wildman–Crippen LogP) is 0.604. The van der Waals surface area contributed by atoms with Gasteiger partial charge in [0.25, 0.3) is 0 Å². The summed E-state index contributed by atoms with van der Waals surface area (Å²) in [4.78, 5) is 7.65. The minimum absolute atomic E-state index is 0.145. The van der Waals surface area contributed by atoms with Crippen molar-refractivity contribution >= 4 is 11.8 Å². The molecule has 72 valence electrons. The van der Waals surface area contributed by atoms with Crippen molar-refractivity contribution in [3.05, 3.63) is 18.0 Å². The van der Waals surface area contributed by atoms with E-state index >= 15 is 0 Å². The lowest BCUT2D eigenvalue weighted by atomic mass is 10.2. The topological polar surface area (TPSA) is 104 Å². The number of hydrogen-bond acceptors (Lipinski definition) is 6. The Morgan fingerprint density at radius 1 is 1.36 bits per heavy atom. The lowest BCUT2D eigenvalue weighted by Gasteiger charge is -1.99. The van der Waals surface area contributed by atoms with Gasteiger partial charge in [-0.3, -0.25) is 0 Å². The summed E-state index contributed by atoms with van der Waals surface area (Å²) in [5.41, 5.74) is 12.2. The van der Waals surface area contributed by atoms with Crippen molar-refractivity contribution in [2.24, 2.45) is 0 Å². The first-order chi connectivity index (χ1) is 6.66. The number of nitrogen functional groups attached to an aromatic ring is 2. The molecule has 0 spiro atoms. The first-order valence-corrected chi connectivity index (χ1v) is 3.98. The third-order valence-electron chi connectivity index (χ3n) is 1.74. The van der Waals surface area contributed by atoms with Crippen LogP contribution in [0.5, 0.6) is 0 Å². The maximum absolute atomic E-state index is 5.65. The van der Waals surface area contributed by atoms with Gasteiger partial charge in [-0.1, -0.05) is 5.16 Å². The number of rotatable bonds is 1. The Morgan fingerprint density at radius 3 is 2.71 bits per heavy atom. The Balaban J connectivity index is 2.52. The molecule has 0 fully saturated rings. The van der Waals surface area contributed by atoms with Crippen LogP contribution in [0, 0.1) is 6.92 Å². The van der Waals surface area contributed by atoms with Crippen LogP contribution in [0.2, 0.25) is 0 Å². The molecule has 0 aromatic carbocycles. The number of nitrogens with two attached hydrogens (primary N) is 2.